The zero-order valence-corrected chi connectivity index (χ0v) is 18.6. The van der Waals surface area contributed by atoms with Crippen LogP contribution in [0.3, 0.4) is 0 Å². The van der Waals surface area contributed by atoms with Gasteiger partial charge in [0.15, 0.2) is 0 Å². The van der Waals surface area contributed by atoms with Gasteiger partial charge in [0.05, 0.1) is 64.4 Å². The first kappa shape index (κ1) is 25.5. The van der Waals surface area contributed by atoms with E-state index in [0.29, 0.717) is 59.3 Å². The third-order valence-electron chi connectivity index (χ3n) is 4.24. The Hall–Kier alpha value is -1.76. The zero-order valence-electron chi connectivity index (χ0n) is 17.8. The number of nitrogens with zero attached hydrogens (tertiary/aromatic N) is 1. The van der Waals surface area contributed by atoms with Gasteiger partial charge in [0, 0.05) is 13.1 Å². The SMILES string of the molecule is Cc1ccc(S(=O)(=O)OCCOCCOCCOCCOC(=O)N2CCOCC2)cc1. The van der Waals surface area contributed by atoms with E-state index >= 15 is 0 Å². The van der Waals surface area contributed by atoms with Gasteiger partial charge < -0.3 is 28.6 Å². The van der Waals surface area contributed by atoms with E-state index in [1.54, 1.807) is 17.0 Å². The molecule has 31 heavy (non-hydrogen) atoms. The van der Waals surface area contributed by atoms with Crippen molar-refractivity contribution in [2.75, 3.05) is 79.2 Å². The van der Waals surface area contributed by atoms with E-state index in [1.807, 2.05) is 6.92 Å². The molecule has 1 aliphatic heterocycles. The molecule has 1 aromatic rings. The topological polar surface area (TPSA) is 110 Å². The maximum Gasteiger partial charge on any atom is 0.409 e. The first-order valence-corrected chi connectivity index (χ1v) is 11.6. The molecule has 1 aliphatic rings. The maximum atomic E-state index is 12.0. The van der Waals surface area contributed by atoms with Gasteiger partial charge >= 0.3 is 6.09 Å². The second-order valence-electron chi connectivity index (χ2n) is 6.64. The second-order valence-corrected chi connectivity index (χ2v) is 8.26. The largest absolute Gasteiger partial charge is 0.447 e. The number of carbonyl (C=O) groups is 1. The van der Waals surface area contributed by atoms with Crippen molar-refractivity contribution in [3.05, 3.63) is 29.8 Å². The molecule has 0 bridgehead atoms. The molecule has 11 heteroatoms. The quantitative estimate of drug-likeness (QED) is 0.298. The van der Waals surface area contributed by atoms with Crippen LogP contribution in [0.15, 0.2) is 29.2 Å². The lowest BCUT2D eigenvalue weighted by Gasteiger charge is -2.25. The smallest absolute Gasteiger partial charge is 0.409 e. The minimum atomic E-state index is -3.77. The third-order valence-corrected chi connectivity index (χ3v) is 5.57. The Morgan fingerprint density at radius 2 is 1.39 bits per heavy atom. The van der Waals surface area contributed by atoms with Gasteiger partial charge in [-0.2, -0.15) is 8.42 Å². The summed E-state index contributed by atoms with van der Waals surface area (Å²) >= 11 is 0. The van der Waals surface area contributed by atoms with Gasteiger partial charge in [-0.25, -0.2) is 4.79 Å². The van der Waals surface area contributed by atoms with Gasteiger partial charge in [0.1, 0.15) is 6.61 Å². The van der Waals surface area contributed by atoms with E-state index < -0.39 is 10.1 Å². The van der Waals surface area contributed by atoms with Crippen LogP contribution in [0.5, 0.6) is 0 Å². The summed E-state index contributed by atoms with van der Waals surface area (Å²) < 4.78 is 55.2. The lowest BCUT2D eigenvalue weighted by Crippen LogP contribution is -2.41. The Labute approximate surface area is 183 Å². The van der Waals surface area contributed by atoms with Gasteiger partial charge in [-0.1, -0.05) is 17.7 Å². The van der Waals surface area contributed by atoms with Crippen LogP contribution in [-0.4, -0.2) is 98.6 Å². The molecule has 0 aromatic heterocycles. The molecule has 2 rings (SSSR count). The minimum absolute atomic E-state index is 0.0670. The molecular weight excluding hydrogens is 430 g/mol. The normalized spacial score (nSPS) is 14.5. The number of benzene rings is 1. The highest BCUT2D eigenvalue weighted by atomic mass is 32.2. The molecule has 1 heterocycles. The summed E-state index contributed by atoms with van der Waals surface area (Å²) in [7, 11) is -3.77. The Morgan fingerprint density at radius 3 is 1.97 bits per heavy atom. The van der Waals surface area contributed by atoms with Crippen LogP contribution in [0.1, 0.15) is 5.56 Å². The molecule has 0 spiro atoms. The molecule has 1 aromatic carbocycles. The highest BCUT2D eigenvalue weighted by molar-refractivity contribution is 7.86. The number of carbonyl (C=O) groups excluding carboxylic acids is 1. The lowest BCUT2D eigenvalue weighted by molar-refractivity contribution is -0.00537. The summed E-state index contributed by atoms with van der Waals surface area (Å²) in [5, 5.41) is 0. The number of morpholine rings is 1. The van der Waals surface area contributed by atoms with Crippen LogP contribution in [0.4, 0.5) is 4.79 Å². The Balaban J connectivity index is 1.37. The van der Waals surface area contributed by atoms with E-state index in [9.17, 15) is 13.2 Å². The predicted octanol–water partition coefficient (Wildman–Crippen LogP) is 1.22. The summed E-state index contributed by atoms with van der Waals surface area (Å²) in [4.78, 5) is 13.5. The van der Waals surface area contributed by atoms with E-state index in [2.05, 4.69) is 0 Å². The molecule has 1 amide bonds. The molecule has 0 aliphatic carbocycles. The van der Waals surface area contributed by atoms with Crippen molar-refractivity contribution in [1.82, 2.24) is 4.90 Å². The van der Waals surface area contributed by atoms with Crippen molar-refractivity contribution in [2.24, 2.45) is 0 Å². The first-order chi connectivity index (χ1) is 15.0. The average Bonchev–Trinajstić information content (AvgIpc) is 2.77. The number of aryl methyl sites for hydroxylation is 1. The lowest BCUT2D eigenvalue weighted by atomic mass is 10.2. The Bertz CT molecular complexity index is 734. The number of rotatable bonds is 14. The highest BCUT2D eigenvalue weighted by Gasteiger charge is 2.17. The monoisotopic (exact) mass is 461 g/mol. The molecule has 10 nitrogen and oxygen atoms in total. The highest BCUT2D eigenvalue weighted by Crippen LogP contribution is 2.12. The van der Waals surface area contributed by atoms with Crippen molar-refractivity contribution >= 4 is 16.2 Å². The Kier molecular flexibility index (Phi) is 11.8. The number of ether oxygens (including phenoxy) is 5. The van der Waals surface area contributed by atoms with Crippen molar-refractivity contribution < 1.29 is 41.1 Å². The molecular formula is C20H31NO9S. The number of amides is 1. The number of hydrogen-bond acceptors (Lipinski definition) is 9. The van der Waals surface area contributed by atoms with E-state index in [1.165, 1.54) is 12.1 Å². The molecule has 0 unspecified atom stereocenters. The van der Waals surface area contributed by atoms with E-state index in [-0.39, 0.29) is 30.8 Å². The average molecular weight is 462 g/mol. The summed E-state index contributed by atoms with van der Waals surface area (Å²) in [5.74, 6) is 0. The molecule has 1 saturated heterocycles. The molecule has 0 atom stereocenters. The van der Waals surface area contributed by atoms with Gasteiger partial charge in [-0.3, -0.25) is 4.18 Å². The van der Waals surface area contributed by atoms with Crippen molar-refractivity contribution in [3.63, 3.8) is 0 Å². The van der Waals surface area contributed by atoms with Crippen LogP contribution in [0.25, 0.3) is 0 Å². The summed E-state index contributed by atoms with van der Waals surface area (Å²) in [6.45, 7) is 5.99. The summed E-state index contributed by atoms with van der Waals surface area (Å²) in [6.07, 6.45) is -0.351. The van der Waals surface area contributed by atoms with Gasteiger partial charge in [-0.15, -0.1) is 0 Å². The standard InChI is InChI=1S/C20H31NO9S/c1-18-2-4-19(5-3-18)31(23,24)30-17-15-28-13-11-26-10-12-27-14-16-29-20(22)21-6-8-25-9-7-21/h2-5H,6-17H2,1H3. The van der Waals surface area contributed by atoms with Crippen LogP contribution in [0.2, 0.25) is 0 Å². The van der Waals surface area contributed by atoms with Crippen molar-refractivity contribution in [1.29, 1.82) is 0 Å². The van der Waals surface area contributed by atoms with E-state index in [4.69, 9.17) is 27.9 Å². The van der Waals surface area contributed by atoms with Crippen molar-refractivity contribution in [3.8, 4) is 0 Å². The Morgan fingerprint density at radius 1 is 0.871 bits per heavy atom. The fraction of sp³-hybridized carbons (Fsp3) is 0.650. The van der Waals surface area contributed by atoms with E-state index in [0.717, 1.165) is 5.56 Å². The second kappa shape index (κ2) is 14.3. The van der Waals surface area contributed by atoms with Crippen LogP contribution in [-0.2, 0) is 38.0 Å². The molecule has 0 saturated carbocycles. The van der Waals surface area contributed by atoms with Gasteiger partial charge in [0.25, 0.3) is 10.1 Å². The van der Waals surface area contributed by atoms with Crippen LogP contribution < -0.4 is 0 Å². The first-order valence-electron chi connectivity index (χ1n) is 10.2. The molecule has 176 valence electrons. The summed E-state index contributed by atoms with van der Waals surface area (Å²) in [5.41, 5.74) is 0.972. The predicted molar refractivity (Wildman–Crippen MR) is 111 cm³/mol. The molecule has 0 N–H and O–H groups in total. The molecule has 0 radical (unpaired) electrons. The maximum absolute atomic E-state index is 12.0. The minimum Gasteiger partial charge on any atom is -0.447 e. The summed E-state index contributed by atoms with van der Waals surface area (Å²) in [6, 6.07) is 6.45. The fourth-order valence-electron chi connectivity index (χ4n) is 2.54. The molecule has 1 fully saturated rings. The third kappa shape index (κ3) is 10.4. The van der Waals surface area contributed by atoms with Crippen LogP contribution in [0, 0.1) is 6.92 Å². The van der Waals surface area contributed by atoms with Gasteiger partial charge in [0.2, 0.25) is 0 Å². The van der Waals surface area contributed by atoms with Gasteiger partial charge in [-0.05, 0) is 19.1 Å². The van der Waals surface area contributed by atoms with Crippen molar-refractivity contribution in [2.45, 2.75) is 11.8 Å². The fourth-order valence-corrected chi connectivity index (χ4v) is 3.44. The number of hydrogen-bond donors (Lipinski definition) is 0. The van der Waals surface area contributed by atoms with Crippen LogP contribution >= 0.6 is 0 Å². The zero-order chi connectivity index (χ0) is 22.4.